The molecule has 0 saturated heterocycles. The third-order valence-corrected chi connectivity index (χ3v) is 2.23. The average molecular weight is 229 g/mol. The number of aromatic nitrogens is 1. The molecule has 2 nitrogen and oxygen atoms in total. The van der Waals surface area contributed by atoms with Crippen LogP contribution in [0.3, 0.4) is 0 Å². The zero-order valence-corrected chi connectivity index (χ0v) is 10.4. The Kier molecular flexibility index (Phi) is 5.97. The van der Waals surface area contributed by atoms with E-state index in [9.17, 15) is 0 Å². The Hall–Kier alpha value is -1.67. The summed E-state index contributed by atoms with van der Waals surface area (Å²) in [5.74, 6) is 0. The molecule has 2 rings (SSSR count). The fraction of sp³-hybridized carbons (Fsp3) is 0.267. The highest BCUT2D eigenvalue weighted by Gasteiger charge is 1.95. The number of benzene rings is 1. The molecular weight excluding hydrogens is 210 g/mol. The van der Waals surface area contributed by atoms with Crippen molar-refractivity contribution >= 4 is 0 Å². The number of aryl methyl sites for hydroxylation is 1. The van der Waals surface area contributed by atoms with Crippen LogP contribution in [0.1, 0.15) is 19.0 Å². The Balaban J connectivity index is 0.000000317. The van der Waals surface area contributed by atoms with Crippen LogP contribution >= 0.6 is 0 Å². The lowest BCUT2D eigenvalue weighted by Gasteiger charge is -2.00. The molecule has 0 atom stereocenters. The first-order valence-electron chi connectivity index (χ1n) is 5.87. The van der Waals surface area contributed by atoms with Gasteiger partial charge in [-0.25, -0.2) is 0 Å². The van der Waals surface area contributed by atoms with Crippen molar-refractivity contribution in [1.29, 1.82) is 0 Å². The van der Waals surface area contributed by atoms with E-state index in [0.717, 1.165) is 12.1 Å². The minimum atomic E-state index is 0.319. The third-order valence-electron chi connectivity index (χ3n) is 2.23. The molecule has 1 N–H and O–H groups in total. The first-order valence-corrected chi connectivity index (χ1v) is 5.87. The van der Waals surface area contributed by atoms with Crippen LogP contribution in [0.4, 0.5) is 0 Å². The minimum absolute atomic E-state index is 0.319. The molecule has 90 valence electrons. The van der Waals surface area contributed by atoms with E-state index >= 15 is 0 Å². The molecule has 0 unspecified atom stereocenters. The second kappa shape index (κ2) is 7.58. The maximum absolute atomic E-state index is 7.88. The highest BCUT2D eigenvalue weighted by Crippen LogP contribution is 2.18. The van der Waals surface area contributed by atoms with Gasteiger partial charge in [0, 0.05) is 18.5 Å². The van der Waals surface area contributed by atoms with E-state index < -0.39 is 0 Å². The van der Waals surface area contributed by atoms with Gasteiger partial charge < -0.3 is 5.11 Å². The summed E-state index contributed by atoms with van der Waals surface area (Å²) in [5, 5.41) is 7.88. The third kappa shape index (κ3) is 4.79. The summed E-state index contributed by atoms with van der Waals surface area (Å²) in [6.07, 6.45) is 2.72. The molecular formula is C15H19NO. The number of pyridine rings is 1. The summed E-state index contributed by atoms with van der Waals surface area (Å²) in [6, 6.07) is 14.5. The number of aliphatic hydroxyl groups excluding tert-OH is 1. The molecule has 1 heterocycles. The van der Waals surface area contributed by atoms with Gasteiger partial charge in [0.1, 0.15) is 0 Å². The Bertz CT molecular complexity index is 424. The Morgan fingerprint density at radius 2 is 1.71 bits per heavy atom. The first kappa shape index (κ1) is 13.4. The van der Waals surface area contributed by atoms with Gasteiger partial charge in [0.15, 0.2) is 0 Å². The minimum Gasteiger partial charge on any atom is -0.396 e. The second-order valence-corrected chi connectivity index (χ2v) is 3.78. The van der Waals surface area contributed by atoms with Crippen molar-refractivity contribution in [1.82, 2.24) is 4.98 Å². The lowest BCUT2D eigenvalue weighted by molar-refractivity contribution is 0.295. The molecule has 0 spiro atoms. The average Bonchev–Trinajstić information content (AvgIpc) is 2.40. The van der Waals surface area contributed by atoms with E-state index in [2.05, 4.69) is 23.2 Å². The van der Waals surface area contributed by atoms with Gasteiger partial charge in [-0.1, -0.05) is 37.3 Å². The van der Waals surface area contributed by atoms with Gasteiger partial charge >= 0.3 is 0 Å². The molecule has 2 heteroatoms. The molecule has 0 aliphatic rings. The topological polar surface area (TPSA) is 33.1 Å². The molecule has 1 aromatic heterocycles. The summed E-state index contributed by atoms with van der Waals surface area (Å²) in [5.41, 5.74) is 3.53. The largest absolute Gasteiger partial charge is 0.396 e. The van der Waals surface area contributed by atoms with Crippen molar-refractivity contribution in [3.63, 3.8) is 0 Å². The summed E-state index contributed by atoms with van der Waals surface area (Å²) in [6.45, 7) is 4.26. The normalized spacial score (nSPS) is 9.35. The molecule has 0 aliphatic carbocycles. The van der Waals surface area contributed by atoms with Crippen LogP contribution in [-0.2, 0) is 0 Å². The van der Waals surface area contributed by atoms with E-state index in [0.29, 0.717) is 6.61 Å². The maximum Gasteiger partial charge on any atom is 0.0428 e. The fourth-order valence-electron chi connectivity index (χ4n) is 1.36. The van der Waals surface area contributed by atoms with Crippen LogP contribution in [0, 0.1) is 6.92 Å². The van der Waals surface area contributed by atoms with Gasteiger partial charge in [0.05, 0.1) is 0 Å². The van der Waals surface area contributed by atoms with Crippen molar-refractivity contribution in [3.05, 3.63) is 54.4 Å². The molecule has 2 aromatic rings. The van der Waals surface area contributed by atoms with Crippen molar-refractivity contribution in [2.45, 2.75) is 20.3 Å². The Morgan fingerprint density at radius 1 is 1.06 bits per heavy atom. The molecule has 0 bridgehead atoms. The predicted molar refractivity (Wildman–Crippen MR) is 71.8 cm³/mol. The van der Waals surface area contributed by atoms with Crippen molar-refractivity contribution in [2.24, 2.45) is 0 Å². The van der Waals surface area contributed by atoms with Gasteiger partial charge in [-0.3, -0.25) is 4.98 Å². The van der Waals surface area contributed by atoms with Gasteiger partial charge in [-0.05, 0) is 36.6 Å². The van der Waals surface area contributed by atoms with Gasteiger partial charge in [0.25, 0.3) is 0 Å². The lowest BCUT2D eigenvalue weighted by atomic mass is 10.1. The van der Waals surface area contributed by atoms with E-state index in [4.69, 9.17) is 5.11 Å². The molecule has 17 heavy (non-hydrogen) atoms. The monoisotopic (exact) mass is 229 g/mol. The molecule has 0 aliphatic heterocycles. The molecule has 1 aromatic carbocycles. The lowest BCUT2D eigenvalue weighted by Crippen LogP contribution is -1.81. The maximum atomic E-state index is 7.88. The smallest absolute Gasteiger partial charge is 0.0428 e. The van der Waals surface area contributed by atoms with Crippen LogP contribution in [0.2, 0.25) is 0 Å². The van der Waals surface area contributed by atoms with Crippen LogP contribution in [0.15, 0.2) is 48.7 Å². The summed E-state index contributed by atoms with van der Waals surface area (Å²) in [7, 11) is 0. The second-order valence-electron chi connectivity index (χ2n) is 3.78. The van der Waals surface area contributed by atoms with Gasteiger partial charge in [-0.15, -0.1) is 0 Å². The van der Waals surface area contributed by atoms with Crippen molar-refractivity contribution < 1.29 is 5.11 Å². The van der Waals surface area contributed by atoms with Crippen LogP contribution < -0.4 is 0 Å². The Morgan fingerprint density at radius 3 is 2.24 bits per heavy atom. The summed E-state index contributed by atoms with van der Waals surface area (Å²) >= 11 is 0. The predicted octanol–water partition coefficient (Wildman–Crippen LogP) is 3.45. The molecule has 0 fully saturated rings. The van der Waals surface area contributed by atoms with Crippen molar-refractivity contribution in [2.75, 3.05) is 6.61 Å². The van der Waals surface area contributed by atoms with Crippen molar-refractivity contribution in [3.8, 4) is 11.1 Å². The zero-order chi connectivity index (χ0) is 12.5. The summed E-state index contributed by atoms with van der Waals surface area (Å²) < 4.78 is 0. The number of aliphatic hydroxyl groups is 1. The van der Waals surface area contributed by atoms with E-state index in [-0.39, 0.29) is 0 Å². The molecule has 0 saturated carbocycles. The van der Waals surface area contributed by atoms with E-state index in [1.54, 1.807) is 0 Å². The number of nitrogens with zero attached hydrogens (tertiary/aromatic N) is 1. The van der Waals surface area contributed by atoms with Gasteiger partial charge in [-0.2, -0.15) is 0 Å². The number of hydrogen-bond acceptors (Lipinski definition) is 2. The highest BCUT2D eigenvalue weighted by molar-refractivity contribution is 5.62. The van der Waals surface area contributed by atoms with Crippen LogP contribution in [0.5, 0.6) is 0 Å². The zero-order valence-electron chi connectivity index (χ0n) is 10.4. The standard InChI is InChI=1S/C12H11N.C3H8O/c1-10-9-12(7-8-13-10)11-5-3-2-4-6-11;1-2-3-4/h2-9H,1H3;4H,2-3H2,1H3. The molecule has 0 radical (unpaired) electrons. The summed E-state index contributed by atoms with van der Waals surface area (Å²) in [4.78, 5) is 4.17. The van der Waals surface area contributed by atoms with Crippen LogP contribution in [-0.4, -0.2) is 16.7 Å². The Labute approximate surface area is 103 Å². The SMILES string of the molecule is CCCO.Cc1cc(-c2ccccc2)ccn1. The number of rotatable bonds is 2. The number of hydrogen-bond donors (Lipinski definition) is 1. The molecule has 0 amide bonds. The quantitative estimate of drug-likeness (QED) is 0.855. The first-order chi connectivity index (χ1) is 8.27. The fourth-order valence-corrected chi connectivity index (χ4v) is 1.36. The van der Waals surface area contributed by atoms with Gasteiger partial charge in [0.2, 0.25) is 0 Å². The highest BCUT2D eigenvalue weighted by atomic mass is 16.2. The van der Waals surface area contributed by atoms with E-state index in [1.807, 2.05) is 44.3 Å². The van der Waals surface area contributed by atoms with E-state index in [1.165, 1.54) is 11.1 Å². The van der Waals surface area contributed by atoms with Crippen LogP contribution in [0.25, 0.3) is 11.1 Å².